The van der Waals surface area contributed by atoms with E-state index in [9.17, 15) is 8.78 Å². The highest BCUT2D eigenvalue weighted by molar-refractivity contribution is 5.22. The summed E-state index contributed by atoms with van der Waals surface area (Å²) in [6.07, 6.45) is 4.10. The molecule has 0 fully saturated rings. The van der Waals surface area contributed by atoms with E-state index in [1.54, 1.807) is 0 Å². The van der Waals surface area contributed by atoms with Gasteiger partial charge in [-0.05, 0) is 18.4 Å². The third kappa shape index (κ3) is 3.77. The molecule has 0 heterocycles. The van der Waals surface area contributed by atoms with Gasteiger partial charge < -0.3 is 5.73 Å². The molecule has 0 amide bonds. The number of rotatable bonds is 6. The van der Waals surface area contributed by atoms with E-state index in [1.807, 2.05) is 0 Å². The maximum Gasteiger partial charge on any atom is 0.130 e. The van der Waals surface area contributed by atoms with Gasteiger partial charge in [-0.2, -0.15) is 0 Å². The van der Waals surface area contributed by atoms with Crippen LogP contribution in [0.2, 0.25) is 0 Å². The predicted molar refractivity (Wildman–Crippen MR) is 66.6 cm³/mol. The molecule has 0 saturated carbocycles. The Balaban J connectivity index is 2.81. The first kappa shape index (κ1) is 14.1. The molecule has 1 aromatic carbocycles. The molecule has 0 aliphatic rings. The average Bonchev–Trinajstić information content (AvgIpc) is 2.29. The Hall–Kier alpha value is -0.960. The van der Waals surface area contributed by atoms with Gasteiger partial charge >= 0.3 is 0 Å². The Morgan fingerprint density at radius 2 is 1.94 bits per heavy atom. The summed E-state index contributed by atoms with van der Waals surface area (Å²) in [6.45, 7) is 4.18. The first-order valence-corrected chi connectivity index (χ1v) is 6.30. The molecule has 1 aromatic rings. The van der Waals surface area contributed by atoms with Crippen LogP contribution in [-0.4, -0.2) is 0 Å². The molecule has 1 nitrogen and oxygen atoms in total. The standard InChI is InChI=1S/C14H21F2N/c1-3-5-6-10(4-2)14(17)12-8-7-11(15)9-13(12)16/h7-10,14H,3-6,17H2,1-2H3. The van der Waals surface area contributed by atoms with Crippen molar-refractivity contribution in [1.29, 1.82) is 0 Å². The summed E-state index contributed by atoms with van der Waals surface area (Å²) in [5.41, 5.74) is 6.50. The molecule has 96 valence electrons. The van der Waals surface area contributed by atoms with Crippen LogP contribution >= 0.6 is 0 Å². The highest BCUT2D eigenvalue weighted by Gasteiger charge is 2.20. The summed E-state index contributed by atoms with van der Waals surface area (Å²) in [5, 5.41) is 0. The maximum atomic E-state index is 13.6. The van der Waals surface area contributed by atoms with Crippen LogP contribution in [0.1, 0.15) is 51.1 Å². The van der Waals surface area contributed by atoms with Gasteiger partial charge in [0.15, 0.2) is 0 Å². The van der Waals surface area contributed by atoms with E-state index in [2.05, 4.69) is 13.8 Å². The van der Waals surface area contributed by atoms with Crippen molar-refractivity contribution in [3.05, 3.63) is 35.4 Å². The van der Waals surface area contributed by atoms with Crippen LogP contribution in [0.3, 0.4) is 0 Å². The van der Waals surface area contributed by atoms with Gasteiger partial charge in [-0.3, -0.25) is 0 Å². The van der Waals surface area contributed by atoms with Crippen molar-refractivity contribution in [3.63, 3.8) is 0 Å². The Bertz CT molecular complexity index is 352. The van der Waals surface area contributed by atoms with Crippen LogP contribution < -0.4 is 5.73 Å². The summed E-state index contributed by atoms with van der Waals surface area (Å²) >= 11 is 0. The van der Waals surface area contributed by atoms with E-state index in [4.69, 9.17) is 5.73 Å². The number of benzene rings is 1. The molecule has 3 heteroatoms. The van der Waals surface area contributed by atoms with Gasteiger partial charge in [-0.25, -0.2) is 8.78 Å². The fraction of sp³-hybridized carbons (Fsp3) is 0.571. The van der Waals surface area contributed by atoms with E-state index in [0.717, 1.165) is 31.7 Å². The molecule has 2 atom stereocenters. The predicted octanol–water partition coefficient (Wildman–Crippen LogP) is 4.18. The Morgan fingerprint density at radius 1 is 1.24 bits per heavy atom. The van der Waals surface area contributed by atoms with Crippen molar-refractivity contribution in [1.82, 2.24) is 0 Å². The first-order valence-electron chi connectivity index (χ1n) is 6.30. The highest BCUT2D eigenvalue weighted by Crippen LogP contribution is 2.28. The second-order valence-corrected chi connectivity index (χ2v) is 4.50. The zero-order valence-corrected chi connectivity index (χ0v) is 10.5. The second kappa shape index (κ2) is 6.70. The lowest BCUT2D eigenvalue weighted by Crippen LogP contribution is -2.22. The van der Waals surface area contributed by atoms with E-state index in [-0.39, 0.29) is 12.0 Å². The number of nitrogens with two attached hydrogens (primary N) is 1. The van der Waals surface area contributed by atoms with Crippen LogP contribution in [-0.2, 0) is 0 Å². The quantitative estimate of drug-likeness (QED) is 0.794. The first-order chi connectivity index (χ1) is 8.10. The molecular formula is C14H21F2N. The molecule has 0 radical (unpaired) electrons. The van der Waals surface area contributed by atoms with Crippen molar-refractivity contribution in [2.24, 2.45) is 11.7 Å². The Labute approximate surface area is 102 Å². The molecule has 0 aromatic heterocycles. The van der Waals surface area contributed by atoms with Gasteiger partial charge in [-0.15, -0.1) is 0 Å². The van der Waals surface area contributed by atoms with Crippen LogP contribution in [0, 0.1) is 17.6 Å². The molecule has 2 N–H and O–H groups in total. The average molecular weight is 241 g/mol. The smallest absolute Gasteiger partial charge is 0.130 e. The lowest BCUT2D eigenvalue weighted by atomic mass is 9.87. The van der Waals surface area contributed by atoms with Crippen molar-refractivity contribution in [3.8, 4) is 0 Å². The Morgan fingerprint density at radius 3 is 2.47 bits per heavy atom. The molecular weight excluding hydrogens is 220 g/mol. The normalized spacial score (nSPS) is 14.6. The summed E-state index contributed by atoms with van der Waals surface area (Å²) < 4.78 is 26.4. The third-order valence-corrected chi connectivity index (χ3v) is 3.28. The lowest BCUT2D eigenvalue weighted by molar-refractivity contribution is 0.368. The van der Waals surface area contributed by atoms with Gasteiger partial charge in [0.2, 0.25) is 0 Å². The van der Waals surface area contributed by atoms with Crippen LogP contribution in [0.25, 0.3) is 0 Å². The second-order valence-electron chi connectivity index (χ2n) is 4.50. The largest absolute Gasteiger partial charge is 0.324 e. The topological polar surface area (TPSA) is 26.0 Å². The minimum absolute atomic E-state index is 0.259. The fourth-order valence-corrected chi connectivity index (χ4v) is 2.13. The van der Waals surface area contributed by atoms with Crippen LogP contribution in [0.15, 0.2) is 18.2 Å². The molecule has 0 aliphatic heterocycles. The van der Waals surface area contributed by atoms with Crippen LogP contribution in [0.4, 0.5) is 8.78 Å². The number of hydrogen-bond acceptors (Lipinski definition) is 1. The van der Waals surface area contributed by atoms with Gasteiger partial charge in [0, 0.05) is 17.7 Å². The fourth-order valence-electron chi connectivity index (χ4n) is 2.13. The van der Waals surface area contributed by atoms with E-state index < -0.39 is 11.6 Å². The van der Waals surface area contributed by atoms with Gasteiger partial charge in [0.05, 0.1) is 0 Å². The van der Waals surface area contributed by atoms with Crippen LogP contribution in [0.5, 0.6) is 0 Å². The molecule has 0 bridgehead atoms. The number of hydrogen-bond donors (Lipinski definition) is 1. The minimum Gasteiger partial charge on any atom is -0.324 e. The summed E-state index contributed by atoms with van der Waals surface area (Å²) in [6, 6.07) is 3.29. The zero-order valence-electron chi connectivity index (χ0n) is 10.5. The van der Waals surface area contributed by atoms with Crippen molar-refractivity contribution < 1.29 is 8.78 Å². The van der Waals surface area contributed by atoms with Gasteiger partial charge in [-0.1, -0.05) is 39.2 Å². The lowest BCUT2D eigenvalue weighted by Gasteiger charge is -2.23. The van der Waals surface area contributed by atoms with E-state index in [0.29, 0.717) is 5.56 Å². The number of halogens is 2. The zero-order chi connectivity index (χ0) is 12.8. The van der Waals surface area contributed by atoms with Crippen molar-refractivity contribution in [2.75, 3.05) is 0 Å². The maximum absolute atomic E-state index is 13.6. The van der Waals surface area contributed by atoms with E-state index >= 15 is 0 Å². The van der Waals surface area contributed by atoms with Gasteiger partial charge in [0.1, 0.15) is 11.6 Å². The minimum atomic E-state index is -0.556. The monoisotopic (exact) mass is 241 g/mol. The van der Waals surface area contributed by atoms with Crippen molar-refractivity contribution in [2.45, 2.75) is 45.6 Å². The summed E-state index contributed by atoms with van der Waals surface area (Å²) in [4.78, 5) is 0. The summed E-state index contributed by atoms with van der Waals surface area (Å²) in [7, 11) is 0. The third-order valence-electron chi connectivity index (χ3n) is 3.28. The van der Waals surface area contributed by atoms with Crippen molar-refractivity contribution >= 4 is 0 Å². The summed E-state index contributed by atoms with van der Waals surface area (Å²) in [5.74, 6) is -0.831. The van der Waals surface area contributed by atoms with Gasteiger partial charge in [0.25, 0.3) is 0 Å². The molecule has 0 aliphatic carbocycles. The molecule has 0 spiro atoms. The SMILES string of the molecule is CCCCC(CC)C(N)c1ccc(F)cc1F. The molecule has 1 rings (SSSR count). The van der Waals surface area contributed by atoms with E-state index in [1.165, 1.54) is 12.1 Å². The molecule has 17 heavy (non-hydrogen) atoms. The molecule has 2 unspecified atom stereocenters. The highest BCUT2D eigenvalue weighted by atomic mass is 19.1. The number of unbranched alkanes of at least 4 members (excludes halogenated alkanes) is 1. The molecule has 0 saturated heterocycles. The Kier molecular flexibility index (Phi) is 5.56.